The van der Waals surface area contributed by atoms with E-state index < -0.39 is 5.97 Å². The highest BCUT2D eigenvalue weighted by atomic mass is 16.4. The first-order valence-electron chi connectivity index (χ1n) is 6.32. The Morgan fingerprint density at radius 1 is 1.21 bits per heavy atom. The van der Waals surface area contributed by atoms with Crippen LogP contribution in [0.25, 0.3) is 5.57 Å². The smallest absolute Gasteiger partial charge is 0.328 e. The second-order valence-electron chi connectivity index (χ2n) is 5.54. The van der Waals surface area contributed by atoms with Crippen molar-refractivity contribution in [2.24, 2.45) is 0 Å². The Bertz CT molecular complexity index is 476. The third-order valence-corrected chi connectivity index (χ3v) is 2.95. The number of carboxylic acid groups (broad SMARTS) is 1. The second kappa shape index (κ2) is 6.32. The van der Waals surface area contributed by atoms with Crippen LogP contribution in [0.1, 0.15) is 44.7 Å². The first kappa shape index (κ1) is 15.2. The summed E-state index contributed by atoms with van der Waals surface area (Å²) in [4.78, 5) is 21.2. The van der Waals surface area contributed by atoms with E-state index >= 15 is 0 Å². The third-order valence-electron chi connectivity index (χ3n) is 2.95. The number of carbonyl (C=O) groups is 2. The fraction of sp³-hybridized carbons (Fsp3) is 0.375. The first-order chi connectivity index (χ1) is 8.84. The lowest BCUT2D eigenvalue weighted by Crippen LogP contribution is -2.10. The topological polar surface area (TPSA) is 54.4 Å². The van der Waals surface area contributed by atoms with E-state index in [1.165, 1.54) is 11.6 Å². The van der Waals surface area contributed by atoms with Crippen LogP contribution >= 0.6 is 0 Å². The summed E-state index contributed by atoms with van der Waals surface area (Å²) in [5, 5.41) is 8.86. The molecule has 0 radical (unpaired) electrons. The average molecular weight is 260 g/mol. The van der Waals surface area contributed by atoms with Gasteiger partial charge in [-0.2, -0.15) is 0 Å². The number of carbonyl (C=O) groups excluding carboxylic acids is 1. The van der Waals surface area contributed by atoms with Crippen LogP contribution in [-0.2, 0) is 15.0 Å². The molecule has 1 rings (SSSR count). The molecule has 0 amide bonds. The summed E-state index contributed by atoms with van der Waals surface area (Å²) in [6.45, 7) is 6.38. The molecule has 3 nitrogen and oxygen atoms in total. The van der Waals surface area contributed by atoms with Crippen LogP contribution in [0.3, 0.4) is 0 Å². The zero-order valence-electron chi connectivity index (χ0n) is 11.6. The van der Waals surface area contributed by atoms with Crippen molar-refractivity contribution >= 4 is 17.8 Å². The molecule has 0 saturated carbocycles. The molecule has 0 unspecified atom stereocenters. The molecule has 1 N–H and O–H groups in total. The average Bonchev–Trinajstić information content (AvgIpc) is 2.33. The van der Waals surface area contributed by atoms with Gasteiger partial charge in [0.05, 0.1) is 0 Å². The van der Waals surface area contributed by atoms with Crippen molar-refractivity contribution in [2.75, 3.05) is 0 Å². The lowest BCUT2D eigenvalue weighted by molar-refractivity contribution is -0.131. The highest BCUT2D eigenvalue weighted by Gasteiger charge is 2.13. The van der Waals surface area contributed by atoms with Gasteiger partial charge < -0.3 is 9.90 Å². The van der Waals surface area contributed by atoms with Crippen molar-refractivity contribution in [3.05, 3.63) is 41.5 Å². The quantitative estimate of drug-likeness (QED) is 0.652. The van der Waals surface area contributed by atoms with Gasteiger partial charge in [-0.25, -0.2) is 4.79 Å². The van der Waals surface area contributed by atoms with Gasteiger partial charge in [0.1, 0.15) is 6.29 Å². The molecule has 0 spiro atoms. The molecular weight excluding hydrogens is 240 g/mol. The Kier molecular flexibility index (Phi) is 5.04. The number of rotatable bonds is 5. The van der Waals surface area contributed by atoms with Crippen molar-refractivity contribution in [3.8, 4) is 0 Å². The van der Waals surface area contributed by atoms with Gasteiger partial charge in [-0.1, -0.05) is 45.0 Å². The van der Waals surface area contributed by atoms with Crippen molar-refractivity contribution in [3.63, 3.8) is 0 Å². The van der Waals surface area contributed by atoms with E-state index in [4.69, 9.17) is 5.11 Å². The normalized spacial score (nSPS) is 12.3. The van der Waals surface area contributed by atoms with Crippen LogP contribution in [0.15, 0.2) is 30.3 Å². The second-order valence-corrected chi connectivity index (χ2v) is 5.54. The van der Waals surface area contributed by atoms with Crippen molar-refractivity contribution < 1.29 is 14.7 Å². The molecule has 0 aromatic heterocycles. The molecular formula is C16H20O3. The predicted molar refractivity (Wildman–Crippen MR) is 76.1 cm³/mol. The summed E-state index contributed by atoms with van der Waals surface area (Å²) in [7, 11) is 0. The maximum Gasteiger partial charge on any atom is 0.328 e. The number of aliphatic carboxylic acids is 1. The number of benzene rings is 1. The van der Waals surface area contributed by atoms with Gasteiger partial charge in [-0.05, 0) is 28.5 Å². The van der Waals surface area contributed by atoms with Gasteiger partial charge in [-0.15, -0.1) is 0 Å². The molecule has 0 bridgehead atoms. The highest BCUT2D eigenvalue weighted by molar-refractivity contribution is 5.90. The fourth-order valence-electron chi connectivity index (χ4n) is 1.85. The molecule has 0 saturated heterocycles. The molecule has 1 aromatic carbocycles. The van der Waals surface area contributed by atoms with Gasteiger partial charge in [-0.3, -0.25) is 0 Å². The van der Waals surface area contributed by atoms with Crippen molar-refractivity contribution in [1.82, 2.24) is 0 Å². The number of allylic oxidation sites excluding steroid dienone is 1. The van der Waals surface area contributed by atoms with Crippen LogP contribution in [0.4, 0.5) is 0 Å². The van der Waals surface area contributed by atoms with Gasteiger partial charge in [0.2, 0.25) is 0 Å². The molecule has 19 heavy (non-hydrogen) atoms. The number of aldehydes is 1. The molecule has 0 aliphatic carbocycles. The summed E-state index contributed by atoms with van der Waals surface area (Å²) in [6.07, 6.45) is 2.76. The van der Waals surface area contributed by atoms with Gasteiger partial charge >= 0.3 is 5.97 Å². The van der Waals surface area contributed by atoms with Crippen LogP contribution in [0, 0.1) is 0 Å². The number of carboxylic acids is 1. The molecule has 0 heterocycles. The monoisotopic (exact) mass is 260 g/mol. The lowest BCUT2D eigenvalue weighted by atomic mass is 9.86. The summed E-state index contributed by atoms with van der Waals surface area (Å²) < 4.78 is 0. The standard InChI is InChI=1S/C16H20O3/c1-16(2,3)14-8-6-12(7-9-14)13(5-4-10-17)11-15(18)19/h6-11H,4-5H2,1-3H3,(H,18,19)/b13-11+. The Hall–Kier alpha value is -1.90. The number of hydrogen-bond donors (Lipinski definition) is 1. The minimum atomic E-state index is -0.985. The minimum Gasteiger partial charge on any atom is -0.478 e. The Labute approximate surface area is 114 Å². The van der Waals surface area contributed by atoms with Crippen LogP contribution in [0.2, 0.25) is 0 Å². The largest absolute Gasteiger partial charge is 0.478 e. The highest BCUT2D eigenvalue weighted by Crippen LogP contribution is 2.25. The molecule has 0 aliphatic rings. The van der Waals surface area contributed by atoms with Crippen molar-refractivity contribution in [2.45, 2.75) is 39.0 Å². The fourth-order valence-corrected chi connectivity index (χ4v) is 1.85. The van der Waals surface area contributed by atoms with E-state index in [9.17, 15) is 9.59 Å². The van der Waals surface area contributed by atoms with E-state index in [2.05, 4.69) is 20.8 Å². The summed E-state index contributed by atoms with van der Waals surface area (Å²) in [5.41, 5.74) is 2.80. The lowest BCUT2D eigenvalue weighted by Gasteiger charge is -2.19. The Morgan fingerprint density at radius 2 is 1.79 bits per heavy atom. The Morgan fingerprint density at radius 3 is 2.21 bits per heavy atom. The molecule has 102 valence electrons. The summed E-state index contributed by atoms with van der Waals surface area (Å²) in [5.74, 6) is -0.985. The molecule has 0 atom stereocenters. The molecule has 1 aromatic rings. The van der Waals surface area contributed by atoms with Gasteiger partial charge in [0.15, 0.2) is 0 Å². The van der Waals surface area contributed by atoms with Crippen LogP contribution in [-0.4, -0.2) is 17.4 Å². The third kappa shape index (κ3) is 4.70. The van der Waals surface area contributed by atoms with E-state index in [1.54, 1.807) is 0 Å². The Balaban J connectivity index is 3.04. The zero-order valence-corrected chi connectivity index (χ0v) is 11.6. The van der Waals surface area contributed by atoms with E-state index in [0.29, 0.717) is 18.4 Å². The maximum atomic E-state index is 10.8. The summed E-state index contributed by atoms with van der Waals surface area (Å²) in [6, 6.07) is 7.85. The molecule has 0 aliphatic heterocycles. The first-order valence-corrected chi connectivity index (χ1v) is 6.32. The SMILES string of the molecule is CC(C)(C)c1ccc(/C(=C/C(=O)O)CCC=O)cc1. The zero-order chi connectivity index (χ0) is 14.5. The van der Waals surface area contributed by atoms with E-state index in [-0.39, 0.29) is 5.41 Å². The summed E-state index contributed by atoms with van der Waals surface area (Å²) >= 11 is 0. The van der Waals surface area contributed by atoms with E-state index in [0.717, 1.165) is 11.8 Å². The minimum absolute atomic E-state index is 0.0675. The van der Waals surface area contributed by atoms with Crippen LogP contribution in [0.5, 0.6) is 0 Å². The predicted octanol–water partition coefficient (Wildman–Crippen LogP) is 3.43. The van der Waals surface area contributed by atoms with Crippen molar-refractivity contribution in [1.29, 1.82) is 0 Å². The van der Waals surface area contributed by atoms with E-state index in [1.807, 2.05) is 24.3 Å². The number of hydrogen-bond acceptors (Lipinski definition) is 2. The van der Waals surface area contributed by atoms with Gasteiger partial charge in [0, 0.05) is 12.5 Å². The molecule has 3 heteroatoms. The maximum absolute atomic E-state index is 10.8. The van der Waals surface area contributed by atoms with Crippen LogP contribution < -0.4 is 0 Å². The molecule has 0 fully saturated rings. The van der Waals surface area contributed by atoms with Gasteiger partial charge in [0.25, 0.3) is 0 Å².